The largest absolute Gasteiger partial charge is 0.379 e. The van der Waals surface area contributed by atoms with Crippen LogP contribution in [0.3, 0.4) is 0 Å². The molecule has 0 heterocycles. The molecular formula is C9H21NO2. The Kier molecular flexibility index (Phi) is 10.8. The van der Waals surface area contributed by atoms with Crippen molar-refractivity contribution >= 4 is 0 Å². The Morgan fingerprint density at radius 2 is 1.50 bits per heavy atom. The average Bonchev–Trinajstić information content (AvgIpc) is 2.10. The molecule has 74 valence electrons. The van der Waals surface area contributed by atoms with Crippen molar-refractivity contribution in [2.75, 3.05) is 33.0 Å². The maximum absolute atomic E-state index is 5.30. The Bertz CT molecular complexity index is 68.9. The topological polar surface area (TPSA) is 44.5 Å². The molecule has 3 heteroatoms. The lowest BCUT2D eigenvalue weighted by molar-refractivity contribution is 0.0464. The van der Waals surface area contributed by atoms with Crippen molar-refractivity contribution in [1.82, 2.24) is 0 Å². The summed E-state index contributed by atoms with van der Waals surface area (Å²) < 4.78 is 10.5. The van der Waals surface area contributed by atoms with Gasteiger partial charge in [0, 0.05) is 13.2 Å². The molecule has 0 saturated heterocycles. The fourth-order valence-electron chi connectivity index (χ4n) is 0.754. The van der Waals surface area contributed by atoms with E-state index in [1.807, 2.05) is 0 Å². The minimum Gasteiger partial charge on any atom is -0.379 e. The second-order valence-corrected chi connectivity index (χ2v) is 2.72. The Morgan fingerprint density at radius 3 is 2.00 bits per heavy atom. The van der Waals surface area contributed by atoms with Crippen LogP contribution < -0.4 is 5.73 Å². The lowest BCUT2D eigenvalue weighted by atomic mass is 10.4. The van der Waals surface area contributed by atoms with Crippen LogP contribution in [-0.4, -0.2) is 33.0 Å². The zero-order valence-electron chi connectivity index (χ0n) is 8.05. The average molecular weight is 175 g/mol. The van der Waals surface area contributed by atoms with Crippen molar-refractivity contribution in [3.63, 3.8) is 0 Å². The smallest absolute Gasteiger partial charge is 0.0700 e. The van der Waals surface area contributed by atoms with E-state index in [0.717, 1.165) is 26.1 Å². The summed E-state index contributed by atoms with van der Waals surface area (Å²) in [6, 6.07) is 0. The van der Waals surface area contributed by atoms with Crippen LogP contribution in [-0.2, 0) is 9.47 Å². The fourth-order valence-corrected chi connectivity index (χ4v) is 0.754. The molecular weight excluding hydrogens is 154 g/mol. The molecule has 0 aliphatic rings. The molecule has 0 bridgehead atoms. The second kappa shape index (κ2) is 10.9. The molecule has 0 aromatic heterocycles. The van der Waals surface area contributed by atoms with Gasteiger partial charge in [-0.15, -0.1) is 0 Å². The molecule has 0 saturated carbocycles. The van der Waals surface area contributed by atoms with Crippen LogP contribution >= 0.6 is 0 Å². The highest BCUT2D eigenvalue weighted by molar-refractivity contribution is 4.37. The maximum atomic E-state index is 5.30. The van der Waals surface area contributed by atoms with Crippen LogP contribution in [0.4, 0.5) is 0 Å². The molecule has 12 heavy (non-hydrogen) atoms. The lowest BCUT2D eigenvalue weighted by Gasteiger charge is -2.03. The van der Waals surface area contributed by atoms with Gasteiger partial charge >= 0.3 is 0 Å². The van der Waals surface area contributed by atoms with Gasteiger partial charge in [-0.25, -0.2) is 0 Å². The number of unbranched alkanes of at least 4 members (excludes halogenated alkanes) is 1. The predicted molar refractivity (Wildman–Crippen MR) is 50.2 cm³/mol. The quantitative estimate of drug-likeness (QED) is 0.535. The molecule has 0 aliphatic carbocycles. The van der Waals surface area contributed by atoms with Crippen molar-refractivity contribution in [2.24, 2.45) is 5.73 Å². The number of ether oxygens (including phenoxy) is 2. The summed E-state index contributed by atoms with van der Waals surface area (Å²) in [4.78, 5) is 0. The summed E-state index contributed by atoms with van der Waals surface area (Å²) in [6.07, 6.45) is 3.27. The van der Waals surface area contributed by atoms with Crippen molar-refractivity contribution in [3.8, 4) is 0 Å². The van der Waals surface area contributed by atoms with E-state index >= 15 is 0 Å². The van der Waals surface area contributed by atoms with Gasteiger partial charge in [0.05, 0.1) is 13.2 Å². The van der Waals surface area contributed by atoms with Crippen molar-refractivity contribution in [2.45, 2.75) is 26.2 Å². The summed E-state index contributed by atoms with van der Waals surface area (Å²) in [5.41, 5.74) is 5.30. The zero-order valence-corrected chi connectivity index (χ0v) is 8.05. The maximum Gasteiger partial charge on any atom is 0.0700 e. The summed E-state index contributed by atoms with van der Waals surface area (Å²) in [5.74, 6) is 0. The van der Waals surface area contributed by atoms with E-state index in [4.69, 9.17) is 15.2 Å². The molecule has 0 aromatic carbocycles. The van der Waals surface area contributed by atoms with Gasteiger partial charge in [0.25, 0.3) is 0 Å². The Morgan fingerprint density at radius 1 is 0.917 bits per heavy atom. The van der Waals surface area contributed by atoms with Gasteiger partial charge < -0.3 is 15.2 Å². The van der Waals surface area contributed by atoms with E-state index in [1.54, 1.807) is 0 Å². The molecule has 0 atom stereocenters. The SMILES string of the molecule is CCCCOCCOCCCN. The number of nitrogens with two attached hydrogens (primary N) is 1. The summed E-state index contributed by atoms with van der Waals surface area (Å²) in [5, 5.41) is 0. The minimum atomic E-state index is 0.698. The highest BCUT2D eigenvalue weighted by Gasteiger charge is 1.88. The monoisotopic (exact) mass is 175 g/mol. The predicted octanol–water partition coefficient (Wildman–Crippen LogP) is 1.17. The first-order valence-electron chi connectivity index (χ1n) is 4.77. The van der Waals surface area contributed by atoms with E-state index in [0.29, 0.717) is 19.8 Å². The Hall–Kier alpha value is -0.120. The van der Waals surface area contributed by atoms with Crippen LogP contribution in [0.1, 0.15) is 26.2 Å². The standard InChI is InChI=1S/C9H21NO2/c1-2-3-6-11-8-9-12-7-4-5-10/h2-10H2,1H3. The first-order valence-corrected chi connectivity index (χ1v) is 4.77. The molecule has 0 rings (SSSR count). The zero-order chi connectivity index (χ0) is 9.07. The molecule has 3 nitrogen and oxygen atoms in total. The van der Waals surface area contributed by atoms with Crippen LogP contribution in [0.25, 0.3) is 0 Å². The van der Waals surface area contributed by atoms with E-state index in [-0.39, 0.29) is 0 Å². The fraction of sp³-hybridized carbons (Fsp3) is 1.00. The summed E-state index contributed by atoms with van der Waals surface area (Å²) >= 11 is 0. The second-order valence-electron chi connectivity index (χ2n) is 2.72. The molecule has 0 aromatic rings. The molecule has 0 amide bonds. The van der Waals surface area contributed by atoms with Gasteiger partial charge in [-0.05, 0) is 19.4 Å². The third kappa shape index (κ3) is 9.88. The lowest BCUT2D eigenvalue weighted by Crippen LogP contribution is -2.09. The normalized spacial score (nSPS) is 10.5. The minimum absolute atomic E-state index is 0.698. The van der Waals surface area contributed by atoms with Crippen LogP contribution in [0.15, 0.2) is 0 Å². The van der Waals surface area contributed by atoms with E-state index in [1.165, 1.54) is 6.42 Å². The van der Waals surface area contributed by atoms with Crippen LogP contribution in [0.5, 0.6) is 0 Å². The van der Waals surface area contributed by atoms with E-state index < -0.39 is 0 Å². The van der Waals surface area contributed by atoms with Crippen LogP contribution in [0, 0.1) is 0 Å². The van der Waals surface area contributed by atoms with Crippen molar-refractivity contribution in [3.05, 3.63) is 0 Å². The van der Waals surface area contributed by atoms with Crippen molar-refractivity contribution < 1.29 is 9.47 Å². The number of hydrogen-bond donors (Lipinski definition) is 1. The first-order chi connectivity index (χ1) is 5.91. The molecule has 0 unspecified atom stereocenters. The molecule has 2 N–H and O–H groups in total. The Labute approximate surface area is 75.2 Å². The summed E-state index contributed by atoms with van der Waals surface area (Å²) in [7, 11) is 0. The first kappa shape index (κ1) is 11.9. The van der Waals surface area contributed by atoms with Gasteiger partial charge in [0.1, 0.15) is 0 Å². The van der Waals surface area contributed by atoms with Gasteiger partial charge in [-0.1, -0.05) is 13.3 Å². The number of rotatable bonds is 9. The molecule has 0 fully saturated rings. The van der Waals surface area contributed by atoms with Gasteiger partial charge in [0.2, 0.25) is 0 Å². The van der Waals surface area contributed by atoms with Gasteiger partial charge in [0.15, 0.2) is 0 Å². The third-order valence-electron chi connectivity index (χ3n) is 1.51. The van der Waals surface area contributed by atoms with Crippen molar-refractivity contribution in [1.29, 1.82) is 0 Å². The molecule has 0 spiro atoms. The highest BCUT2D eigenvalue weighted by atomic mass is 16.5. The number of hydrogen-bond acceptors (Lipinski definition) is 3. The highest BCUT2D eigenvalue weighted by Crippen LogP contribution is 1.88. The molecule has 0 aliphatic heterocycles. The summed E-state index contributed by atoms with van der Waals surface area (Å²) in [6.45, 7) is 5.89. The van der Waals surface area contributed by atoms with Gasteiger partial charge in [-0.3, -0.25) is 0 Å². The third-order valence-corrected chi connectivity index (χ3v) is 1.51. The van der Waals surface area contributed by atoms with E-state index in [2.05, 4.69) is 6.92 Å². The Balaban J connectivity index is 2.73. The van der Waals surface area contributed by atoms with Crippen LogP contribution in [0.2, 0.25) is 0 Å². The van der Waals surface area contributed by atoms with Gasteiger partial charge in [-0.2, -0.15) is 0 Å². The van der Waals surface area contributed by atoms with E-state index in [9.17, 15) is 0 Å². The molecule has 0 radical (unpaired) electrons.